The van der Waals surface area contributed by atoms with Crippen LogP contribution in [0.15, 0.2) is 0 Å². The number of carbonyl (C=O) groups excluding carboxylic acids is 1. The standard InChI is InChI=1S/C11H21NO3/c1-8-7-12(6-5-9(8)13)10(14)15-11(2,3)4/h8-9,13H,5-7H2,1-4H3/t8-,9-/m1/s1. The van der Waals surface area contributed by atoms with Crippen molar-refractivity contribution in [1.82, 2.24) is 4.90 Å². The third-order valence-corrected chi connectivity index (χ3v) is 2.51. The summed E-state index contributed by atoms with van der Waals surface area (Å²) in [5.74, 6) is 0.131. The Bertz CT molecular complexity index is 234. The highest BCUT2D eigenvalue weighted by atomic mass is 16.6. The van der Waals surface area contributed by atoms with Gasteiger partial charge in [-0.2, -0.15) is 0 Å². The fraction of sp³-hybridized carbons (Fsp3) is 0.909. The molecule has 88 valence electrons. The number of likely N-dealkylation sites (tertiary alicyclic amines) is 1. The van der Waals surface area contributed by atoms with Gasteiger partial charge in [-0.25, -0.2) is 4.79 Å². The highest BCUT2D eigenvalue weighted by molar-refractivity contribution is 5.68. The third kappa shape index (κ3) is 3.70. The van der Waals surface area contributed by atoms with Gasteiger partial charge in [0.15, 0.2) is 0 Å². The molecule has 0 saturated carbocycles. The first kappa shape index (κ1) is 12.3. The number of hydrogen-bond acceptors (Lipinski definition) is 3. The van der Waals surface area contributed by atoms with Crippen molar-refractivity contribution in [2.45, 2.75) is 45.8 Å². The number of aliphatic hydroxyl groups is 1. The molecule has 1 amide bonds. The van der Waals surface area contributed by atoms with E-state index in [0.29, 0.717) is 19.5 Å². The Labute approximate surface area is 91.2 Å². The number of piperidine rings is 1. The molecule has 0 unspecified atom stereocenters. The Morgan fingerprint density at radius 2 is 2.07 bits per heavy atom. The lowest BCUT2D eigenvalue weighted by atomic mass is 9.97. The Morgan fingerprint density at radius 3 is 2.53 bits per heavy atom. The van der Waals surface area contributed by atoms with Crippen LogP contribution in [-0.2, 0) is 4.74 Å². The van der Waals surface area contributed by atoms with E-state index in [4.69, 9.17) is 4.74 Å². The number of rotatable bonds is 0. The lowest BCUT2D eigenvalue weighted by molar-refractivity contribution is -0.00488. The molecule has 1 aliphatic heterocycles. The average molecular weight is 215 g/mol. The van der Waals surface area contributed by atoms with Crippen LogP contribution in [0.4, 0.5) is 4.79 Å². The normalized spacial score (nSPS) is 27.7. The molecule has 0 aliphatic carbocycles. The number of ether oxygens (including phenoxy) is 1. The molecule has 1 aliphatic rings. The zero-order valence-corrected chi connectivity index (χ0v) is 9.99. The van der Waals surface area contributed by atoms with E-state index < -0.39 is 5.60 Å². The highest BCUT2D eigenvalue weighted by Crippen LogP contribution is 2.19. The summed E-state index contributed by atoms with van der Waals surface area (Å²) in [6.07, 6.45) is 0.0744. The van der Waals surface area contributed by atoms with E-state index in [1.165, 1.54) is 0 Å². The molecule has 1 heterocycles. The summed E-state index contributed by atoms with van der Waals surface area (Å²) in [6.45, 7) is 8.67. The number of nitrogens with zero attached hydrogens (tertiary/aromatic N) is 1. The minimum atomic E-state index is -0.448. The van der Waals surface area contributed by atoms with E-state index in [2.05, 4.69) is 0 Å². The molecule has 15 heavy (non-hydrogen) atoms. The molecule has 0 aromatic heterocycles. The van der Waals surface area contributed by atoms with Gasteiger partial charge in [0.2, 0.25) is 0 Å². The Hall–Kier alpha value is -0.770. The third-order valence-electron chi connectivity index (χ3n) is 2.51. The van der Waals surface area contributed by atoms with Gasteiger partial charge in [0, 0.05) is 13.1 Å². The van der Waals surface area contributed by atoms with Gasteiger partial charge in [0.05, 0.1) is 6.10 Å². The van der Waals surface area contributed by atoms with Gasteiger partial charge in [0.1, 0.15) is 5.60 Å². The van der Waals surface area contributed by atoms with Gasteiger partial charge >= 0.3 is 6.09 Å². The van der Waals surface area contributed by atoms with E-state index >= 15 is 0 Å². The molecular weight excluding hydrogens is 194 g/mol. The first-order chi connectivity index (χ1) is 6.79. The van der Waals surface area contributed by atoms with Gasteiger partial charge < -0.3 is 14.7 Å². The molecule has 0 aromatic carbocycles. The van der Waals surface area contributed by atoms with Gasteiger partial charge in [-0.1, -0.05) is 6.92 Å². The molecule has 4 heteroatoms. The van der Waals surface area contributed by atoms with Crippen molar-refractivity contribution in [2.75, 3.05) is 13.1 Å². The second kappa shape index (κ2) is 4.39. The van der Waals surface area contributed by atoms with E-state index in [1.54, 1.807) is 4.90 Å². The van der Waals surface area contributed by atoms with Gasteiger partial charge in [-0.05, 0) is 33.1 Å². The SMILES string of the molecule is C[C@@H]1CN(C(=O)OC(C)(C)C)CC[C@H]1O. The summed E-state index contributed by atoms with van der Waals surface area (Å²) in [4.78, 5) is 13.4. The molecule has 0 bridgehead atoms. The van der Waals surface area contributed by atoms with Crippen LogP contribution < -0.4 is 0 Å². The summed E-state index contributed by atoms with van der Waals surface area (Å²) in [6, 6.07) is 0. The average Bonchev–Trinajstić information content (AvgIpc) is 2.06. The maximum Gasteiger partial charge on any atom is 0.410 e. The molecule has 1 fully saturated rings. The summed E-state index contributed by atoms with van der Waals surface area (Å²) in [5, 5.41) is 9.53. The predicted molar refractivity (Wildman–Crippen MR) is 57.6 cm³/mol. The maximum atomic E-state index is 11.7. The molecule has 0 radical (unpaired) electrons. The molecule has 4 nitrogen and oxygen atoms in total. The van der Waals surface area contributed by atoms with Gasteiger partial charge in [0.25, 0.3) is 0 Å². The maximum absolute atomic E-state index is 11.7. The molecule has 1 N–H and O–H groups in total. The predicted octanol–water partition coefficient (Wildman–Crippen LogP) is 1.62. The minimum Gasteiger partial charge on any atom is -0.444 e. The van der Waals surface area contributed by atoms with E-state index in [9.17, 15) is 9.90 Å². The summed E-state index contributed by atoms with van der Waals surface area (Å²) >= 11 is 0. The summed E-state index contributed by atoms with van der Waals surface area (Å²) in [5.41, 5.74) is -0.448. The highest BCUT2D eigenvalue weighted by Gasteiger charge is 2.29. The van der Waals surface area contributed by atoms with Crippen molar-refractivity contribution < 1.29 is 14.6 Å². The smallest absolute Gasteiger partial charge is 0.410 e. The first-order valence-electron chi connectivity index (χ1n) is 5.45. The van der Waals surface area contributed by atoms with Gasteiger partial charge in [-0.15, -0.1) is 0 Å². The van der Waals surface area contributed by atoms with Gasteiger partial charge in [-0.3, -0.25) is 0 Å². The first-order valence-corrected chi connectivity index (χ1v) is 5.45. The molecular formula is C11H21NO3. The lowest BCUT2D eigenvalue weighted by Gasteiger charge is -2.35. The zero-order valence-electron chi connectivity index (χ0n) is 9.99. The van der Waals surface area contributed by atoms with E-state index in [1.807, 2.05) is 27.7 Å². The molecule has 0 spiro atoms. The number of hydrogen-bond donors (Lipinski definition) is 1. The Morgan fingerprint density at radius 1 is 1.47 bits per heavy atom. The van der Waals surface area contributed by atoms with Crippen LogP contribution >= 0.6 is 0 Å². The second-order valence-electron chi connectivity index (χ2n) is 5.26. The molecule has 0 aromatic rings. The topological polar surface area (TPSA) is 49.8 Å². The van der Waals surface area contributed by atoms with Crippen molar-refractivity contribution in [1.29, 1.82) is 0 Å². The Balaban J connectivity index is 2.48. The second-order valence-corrected chi connectivity index (χ2v) is 5.26. The van der Waals surface area contributed by atoms with Crippen LogP contribution in [0.25, 0.3) is 0 Å². The van der Waals surface area contributed by atoms with Crippen LogP contribution in [0.5, 0.6) is 0 Å². The molecule has 1 saturated heterocycles. The fourth-order valence-corrected chi connectivity index (χ4v) is 1.63. The molecule has 2 atom stereocenters. The summed E-state index contributed by atoms with van der Waals surface area (Å²) < 4.78 is 5.27. The number of amides is 1. The number of carbonyl (C=O) groups is 1. The van der Waals surface area contributed by atoms with Crippen LogP contribution in [0, 0.1) is 5.92 Å². The molecule has 1 rings (SSSR count). The fourth-order valence-electron chi connectivity index (χ4n) is 1.63. The largest absolute Gasteiger partial charge is 0.444 e. The quantitative estimate of drug-likeness (QED) is 0.668. The number of aliphatic hydroxyl groups excluding tert-OH is 1. The lowest BCUT2D eigenvalue weighted by Crippen LogP contribution is -2.46. The minimum absolute atomic E-state index is 0.131. The van der Waals surface area contributed by atoms with Crippen molar-refractivity contribution in [2.24, 2.45) is 5.92 Å². The van der Waals surface area contributed by atoms with Crippen molar-refractivity contribution in [3.8, 4) is 0 Å². The Kier molecular flexibility index (Phi) is 3.60. The van der Waals surface area contributed by atoms with E-state index in [-0.39, 0.29) is 18.1 Å². The monoisotopic (exact) mass is 215 g/mol. The van der Waals surface area contributed by atoms with E-state index in [0.717, 1.165) is 0 Å². The van der Waals surface area contributed by atoms with Crippen molar-refractivity contribution >= 4 is 6.09 Å². The van der Waals surface area contributed by atoms with Crippen LogP contribution in [0.2, 0.25) is 0 Å². The van der Waals surface area contributed by atoms with Crippen LogP contribution in [0.1, 0.15) is 34.1 Å². The van der Waals surface area contributed by atoms with Crippen LogP contribution in [-0.4, -0.2) is 40.9 Å². The van der Waals surface area contributed by atoms with Crippen LogP contribution in [0.3, 0.4) is 0 Å². The van der Waals surface area contributed by atoms with Crippen molar-refractivity contribution in [3.05, 3.63) is 0 Å². The zero-order chi connectivity index (χ0) is 11.6. The van der Waals surface area contributed by atoms with Crippen molar-refractivity contribution in [3.63, 3.8) is 0 Å². The summed E-state index contributed by atoms with van der Waals surface area (Å²) in [7, 11) is 0.